The van der Waals surface area contributed by atoms with Crippen LogP contribution in [0.15, 0.2) is 54.7 Å². The Kier molecular flexibility index (Phi) is 7.43. The van der Waals surface area contributed by atoms with E-state index in [-0.39, 0.29) is 28.9 Å². The van der Waals surface area contributed by atoms with E-state index in [2.05, 4.69) is 16.0 Å². The monoisotopic (exact) mass is 561 g/mol. The second-order valence-electron chi connectivity index (χ2n) is 9.19. The molecule has 1 aliphatic heterocycles. The number of fused-ring (bicyclic) bond motifs is 1. The molecule has 204 valence electrons. The molecule has 4 aromatic rings. The number of hydrogen-bond donors (Lipinski definition) is 0. The van der Waals surface area contributed by atoms with Gasteiger partial charge in [-0.2, -0.15) is 10.2 Å². The maximum atomic E-state index is 14.1. The maximum Gasteiger partial charge on any atom is 0.319 e. The normalized spacial score (nSPS) is 15.1. The Labute approximate surface area is 235 Å². The third-order valence-corrected chi connectivity index (χ3v) is 7.10. The highest BCUT2D eigenvalue weighted by Crippen LogP contribution is 2.47. The number of nitriles is 1. The Balaban J connectivity index is 1.79. The van der Waals surface area contributed by atoms with Crippen molar-refractivity contribution in [2.45, 2.75) is 19.0 Å². The van der Waals surface area contributed by atoms with Crippen LogP contribution in [0.2, 0.25) is 5.02 Å². The van der Waals surface area contributed by atoms with Crippen LogP contribution in [0.1, 0.15) is 46.2 Å². The van der Waals surface area contributed by atoms with Gasteiger partial charge in [-0.1, -0.05) is 23.7 Å². The lowest BCUT2D eigenvalue weighted by Crippen LogP contribution is -2.30. The first kappa shape index (κ1) is 27.1. The molecule has 1 amide bonds. The van der Waals surface area contributed by atoms with Crippen LogP contribution in [0.25, 0.3) is 11.3 Å². The number of rotatable bonds is 8. The quantitative estimate of drug-likeness (QED) is 0.276. The molecule has 0 bridgehead atoms. The minimum absolute atomic E-state index is 0.100. The zero-order valence-corrected chi connectivity index (χ0v) is 22.9. The molecule has 0 saturated heterocycles. The first-order valence-corrected chi connectivity index (χ1v) is 12.7. The van der Waals surface area contributed by atoms with E-state index in [1.54, 1.807) is 48.5 Å². The fraction of sp³-hybridized carbons (Fsp3) is 0.241. The molecule has 40 heavy (non-hydrogen) atoms. The van der Waals surface area contributed by atoms with Crippen LogP contribution >= 0.6 is 11.6 Å². The van der Waals surface area contributed by atoms with Gasteiger partial charge in [-0.15, -0.1) is 0 Å². The number of carbonyl (C=O) groups excluding carboxylic acids is 1. The van der Waals surface area contributed by atoms with Gasteiger partial charge in [-0.3, -0.25) is 9.69 Å². The molecule has 0 N–H and O–H groups in total. The molecule has 11 heteroatoms. The first-order valence-electron chi connectivity index (χ1n) is 12.3. The summed E-state index contributed by atoms with van der Waals surface area (Å²) in [5, 5.41) is 9.26. The van der Waals surface area contributed by atoms with E-state index in [0.29, 0.717) is 40.4 Å². The van der Waals surface area contributed by atoms with Crippen molar-refractivity contribution in [1.82, 2.24) is 14.5 Å². The fourth-order valence-corrected chi connectivity index (χ4v) is 5.26. The van der Waals surface area contributed by atoms with Crippen LogP contribution < -0.4 is 14.4 Å². The topological polar surface area (TPSA) is 102 Å². The van der Waals surface area contributed by atoms with E-state index in [9.17, 15) is 14.4 Å². The predicted octanol–water partition coefficient (Wildman–Crippen LogP) is 5.58. The molecule has 2 aromatic carbocycles. The molecule has 1 aliphatic rings. The zero-order valence-electron chi connectivity index (χ0n) is 22.2. The smallest absolute Gasteiger partial charge is 0.319 e. The van der Waals surface area contributed by atoms with Crippen molar-refractivity contribution in [1.29, 1.82) is 5.26 Å². The van der Waals surface area contributed by atoms with Crippen LogP contribution in [0, 0.1) is 17.1 Å². The summed E-state index contributed by atoms with van der Waals surface area (Å²) in [5.41, 5.74) is 3.99. The molecule has 0 saturated carbocycles. The Morgan fingerprint density at radius 3 is 2.48 bits per heavy atom. The molecular formula is C29H25ClFN5O4. The fourth-order valence-electron chi connectivity index (χ4n) is 5.09. The molecule has 9 nitrogen and oxygen atoms in total. The van der Waals surface area contributed by atoms with Crippen molar-refractivity contribution in [3.8, 4) is 29.2 Å². The van der Waals surface area contributed by atoms with Crippen LogP contribution in [-0.2, 0) is 4.74 Å². The highest BCUT2D eigenvalue weighted by atomic mass is 35.5. The third-order valence-electron chi connectivity index (χ3n) is 6.81. The van der Waals surface area contributed by atoms with E-state index < -0.39 is 11.9 Å². The number of methoxy groups -OCH3 is 3. The van der Waals surface area contributed by atoms with Gasteiger partial charge in [0.1, 0.15) is 11.9 Å². The van der Waals surface area contributed by atoms with Crippen molar-refractivity contribution in [3.05, 3.63) is 88.0 Å². The largest absolute Gasteiger partial charge is 0.480 e. The Morgan fingerprint density at radius 1 is 1.10 bits per heavy atom. The van der Waals surface area contributed by atoms with E-state index in [1.807, 2.05) is 11.5 Å². The zero-order chi connectivity index (χ0) is 28.6. The lowest BCUT2D eigenvalue weighted by atomic mass is 10.0. The van der Waals surface area contributed by atoms with Crippen molar-refractivity contribution in [3.63, 3.8) is 0 Å². The van der Waals surface area contributed by atoms with E-state index in [4.69, 9.17) is 25.8 Å². The molecule has 0 fully saturated rings. The van der Waals surface area contributed by atoms with E-state index >= 15 is 0 Å². The summed E-state index contributed by atoms with van der Waals surface area (Å²) in [7, 11) is 4.56. The van der Waals surface area contributed by atoms with Gasteiger partial charge >= 0.3 is 6.01 Å². The second-order valence-corrected chi connectivity index (χ2v) is 9.60. The number of nitrogens with zero attached hydrogens (tertiary/aromatic N) is 5. The number of anilines is 1. The number of carbonyl (C=O) groups is 1. The van der Waals surface area contributed by atoms with Gasteiger partial charge in [0.15, 0.2) is 0 Å². The van der Waals surface area contributed by atoms with Gasteiger partial charge in [0.25, 0.3) is 5.91 Å². The van der Waals surface area contributed by atoms with Gasteiger partial charge in [-0.25, -0.2) is 9.37 Å². The molecule has 0 aliphatic carbocycles. The van der Waals surface area contributed by atoms with Crippen LogP contribution in [-0.4, -0.2) is 48.4 Å². The third kappa shape index (κ3) is 4.53. The minimum Gasteiger partial charge on any atom is -0.480 e. The summed E-state index contributed by atoms with van der Waals surface area (Å²) in [6.07, 6.45) is 1.59. The molecule has 2 atom stereocenters. The van der Waals surface area contributed by atoms with Gasteiger partial charge in [0.05, 0.1) is 66.0 Å². The lowest BCUT2D eigenvalue weighted by Gasteiger charge is -2.30. The average molecular weight is 562 g/mol. The van der Waals surface area contributed by atoms with Gasteiger partial charge in [-0.05, 0) is 48.9 Å². The Bertz CT molecular complexity index is 1630. The minimum atomic E-state index is -0.630. The number of halogens is 2. The molecule has 0 spiro atoms. The van der Waals surface area contributed by atoms with E-state index in [1.165, 1.54) is 32.4 Å². The van der Waals surface area contributed by atoms with Crippen molar-refractivity contribution < 1.29 is 23.4 Å². The Morgan fingerprint density at radius 2 is 1.85 bits per heavy atom. The second kappa shape index (κ2) is 11.0. The molecule has 0 radical (unpaired) electrons. The number of ether oxygens (including phenoxy) is 3. The van der Waals surface area contributed by atoms with Gasteiger partial charge < -0.3 is 18.8 Å². The first-order chi connectivity index (χ1) is 19.3. The van der Waals surface area contributed by atoms with Crippen molar-refractivity contribution in [2.24, 2.45) is 0 Å². The van der Waals surface area contributed by atoms with Crippen LogP contribution in [0.4, 0.5) is 10.1 Å². The summed E-state index contributed by atoms with van der Waals surface area (Å²) in [6, 6.07) is 14.4. The Hall–Kier alpha value is -4.46. The van der Waals surface area contributed by atoms with Crippen molar-refractivity contribution >= 4 is 23.2 Å². The standard InChI is InChI=1S/C29H25ClFN5O4/c1-16(15-38-2)35-24(21-14-33-29(40-4)34-27(21)39-3)12-20-26(35)25(18-7-5-17(13-32)6-8-18)36(28(20)37)19-9-10-23(31)22(30)11-19/h5-12,14,16,25H,15H2,1-4H3. The predicted molar refractivity (Wildman–Crippen MR) is 146 cm³/mol. The van der Waals surface area contributed by atoms with Gasteiger partial charge in [0, 0.05) is 19.0 Å². The SMILES string of the molecule is COCC(C)n1c(-c2cnc(OC)nc2OC)cc2c1C(c1ccc(C#N)cc1)N(c1ccc(F)c(Cl)c1)C2=O. The number of benzene rings is 2. The summed E-state index contributed by atoms with van der Waals surface area (Å²) in [6.45, 7) is 2.31. The van der Waals surface area contributed by atoms with Crippen LogP contribution in [0.5, 0.6) is 11.9 Å². The molecular weight excluding hydrogens is 537 g/mol. The van der Waals surface area contributed by atoms with Crippen molar-refractivity contribution in [2.75, 3.05) is 32.8 Å². The summed E-state index contributed by atoms with van der Waals surface area (Å²) in [4.78, 5) is 24.3. The summed E-state index contributed by atoms with van der Waals surface area (Å²) < 4.78 is 32.3. The molecule has 2 aromatic heterocycles. The molecule has 5 rings (SSSR count). The highest BCUT2D eigenvalue weighted by Gasteiger charge is 2.44. The summed E-state index contributed by atoms with van der Waals surface area (Å²) in [5.74, 6) is -0.611. The van der Waals surface area contributed by atoms with E-state index in [0.717, 1.165) is 5.56 Å². The van der Waals surface area contributed by atoms with Gasteiger partial charge in [0.2, 0.25) is 5.88 Å². The molecule has 2 unspecified atom stereocenters. The highest BCUT2D eigenvalue weighted by molar-refractivity contribution is 6.31. The number of hydrogen-bond acceptors (Lipinski definition) is 7. The number of aromatic nitrogens is 3. The van der Waals surface area contributed by atoms with Crippen LogP contribution in [0.3, 0.4) is 0 Å². The number of amides is 1. The summed E-state index contributed by atoms with van der Waals surface area (Å²) >= 11 is 6.14. The lowest BCUT2D eigenvalue weighted by molar-refractivity contribution is 0.0993. The maximum absolute atomic E-state index is 14.1. The average Bonchev–Trinajstić information content (AvgIpc) is 3.49. The molecule has 3 heterocycles.